The minimum Gasteiger partial charge on any atom is -0.458 e. The Bertz CT molecular complexity index is 893. The zero-order valence-corrected chi connectivity index (χ0v) is 22.8. The second-order valence-corrected chi connectivity index (χ2v) is 12.1. The van der Waals surface area contributed by atoms with Gasteiger partial charge in [0.05, 0.1) is 31.5 Å². The molecule has 4 unspecified atom stereocenters. The number of Topliss-reactive ketones (excluding diaryl/α,β-unsaturated/α-hetero) is 1. The molecule has 206 valence electrons. The van der Waals surface area contributed by atoms with Gasteiger partial charge in [-0.25, -0.2) is 0 Å². The number of hydrogen-bond donors (Lipinski definition) is 3. The van der Waals surface area contributed by atoms with Gasteiger partial charge in [0, 0.05) is 30.8 Å². The smallest absolute Gasteiger partial charge is 0.320 e. The van der Waals surface area contributed by atoms with E-state index < -0.39 is 63.6 Å². The normalized spacial score (nSPS) is 46.6. The molecule has 4 fully saturated rings. The lowest BCUT2D eigenvalue weighted by Gasteiger charge is -2.71. The maximum absolute atomic E-state index is 13.8. The summed E-state index contributed by atoms with van der Waals surface area (Å²) in [6, 6.07) is 0. The second-order valence-electron chi connectivity index (χ2n) is 12.1. The monoisotopic (exact) mass is 531 g/mol. The van der Waals surface area contributed by atoms with Gasteiger partial charge in [-0.1, -0.05) is 26.8 Å². The minimum absolute atomic E-state index is 0. The first-order valence-corrected chi connectivity index (χ1v) is 12.6. The van der Waals surface area contributed by atoms with Gasteiger partial charge in [0.25, 0.3) is 0 Å². The van der Waals surface area contributed by atoms with Crippen LogP contribution in [0.5, 0.6) is 0 Å². The van der Waals surface area contributed by atoms with Crippen molar-refractivity contribution in [2.45, 2.75) is 89.0 Å². The van der Waals surface area contributed by atoms with Crippen LogP contribution in [0, 0.1) is 16.7 Å². The molecule has 0 aromatic rings. The van der Waals surface area contributed by atoms with E-state index in [2.05, 4.69) is 6.58 Å². The van der Waals surface area contributed by atoms with Crippen LogP contribution in [0.25, 0.3) is 0 Å². The third kappa shape index (κ3) is 4.06. The van der Waals surface area contributed by atoms with E-state index in [1.54, 1.807) is 13.8 Å². The zero-order valence-electron chi connectivity index (χ0n) is 22.0. The van der Waals surface area contributed by atoms with Gasteiger partial charge in [0.2, 0.25) is 0 Å². The molecule has 8 atom stereocenters. The Kier molecular flexibility index (Phi) is 7.86. The quantitative estimate of drug-likeness (QED) is 0.363. The molecule has 0 amide bonds. The summed E-state index contributed by atoms with van der Waals surface area (Å²) < 4.78 is 17.7. The number of aliphatic hydroxyl groups is 3. The first-order valence-electron chi connectivity index (χ1n) is 12.6. The average Bonchev–Trinajstić information content (AvgIpc) is 2.78. The molecule has 0 spiro atoms. The fourth-order valence-corrected chi connectivity index (χ4v) is 7.54. The summed E-state index contributed by atoms with van der Waals surface area (Å²) in [7, 11) is 0. The third-order valence-electron chi connectivity index (χ3n) is 9.46. The Balaban J connectivity index is 0.00000361. The maximum Gasteiger partial charge on any atom is 0.320 e. The van der Waals surface area contributed by atoms with Crippen LogP contribution in [-0.4, -0.2) is 99.9 Å². The Hall–Kier alpha value is -1.07. The molecule has 0 bridgehead atoms. The molecule has 3 N–H and O–H groups in total. The van der Waals surface area contributed by atoms with Gasteiger partial charge in [0.15, 0.2) is 11.4 Å². The number of hydrogen-bond acceptors (Lipinski definition) is 9. The first kappa shape index (κ1) is 29.5. The molecule has 2 saturated heterocycles. The summed E-state index contributed by atoms with van der Waals surface area (Å²) in [4.78, 5) is 28.8. The van der Waals surface area contributed by atoms with E-state index in [-0.39, 0.29) is 25.4 Å². The van der Waals surface area contributed by atoms with Crippen LogP contribution in [0.3, 0.4) is 0 Å². The minimum atomic E-state index is -2.21. The van der Waals surface area contributed by atoms with E-state index in [9.17, 15) is 24.9 Å². The van der Waals surface area contributed by atoms with Crippen molar-refractivity contribution in [3.05, 3.63) is 12.7 Å². The number of morpholine rings is 1. The van der Waals surface area contributed by atoms with Crippen LogP contribution in [-0.2, 0) is 23.8 Å². The summed E-state index contributed by atoms with van der Waals surface area (Å²) >= 11 is 0. The number of halogens is 1. The van der Waals surface area contributed by atoms with Gasteiger partial charge >= 0.3 is 5.97 Å². The van der Waals surface area contributed by atoms with E-state index >= 15 is 0 Å². The van der Waals surface area contributed by atoms with Gasteiger partial charge in [-0.15, -0.1) is 19.0 Å². The Labute approximate surface area is 219 Å². The van der Waals surface area contributed by atoms with E-state index in [1.165, 1.54) is 13.0 Å². The highest BCUT2D eigenvalue weighted by Crippen LogP contribution is 2.67. The van der Waals surface area contributed by atoms with Gasteiger partial charge < -0.3 is 29.5 Å². The fraction of sp³-hybridized carbons (Fsp3) is 0.846. The van der Waals surface area contributed by atoms with Crippen LogP contribution in [0.4, 0.5) is 0 Å². The van der Waals surface area contributed by atoms with Gasteiger partial charge in [0.1, 0.15) is 17.8 Å². The third-order valence-corrected chi connectivity index (χ3v) is 9.46. The van der Waals surface area contributed by atoms with Gasteiger partial charge in [-0.3, -0.25) is 14.5 Å². The predicted molar refractivity (Wildman–Crippen MR) is 134 cm³/mol. The molecular formula is C26H42ClNO8. The molecule has 0 aromatic carbocycles. The van der Waals surface area contributed by atoms with Crippen molar-refractivity contribution in [2.24, 2.45) is 16.7 Å². The van der Waals surface area contributed by atoms with Crippen LogP contribution in [0.1, 0.15) is 53.9 Å². The molecule has 0 aromatic heterocycles. The van der Waals surface area contributed by atoms with Crippen molar-refractivity contribution in [1.29, 1.82) is 0 Å². The highest BCUT2D eigenvalue weighted by molar-refractivity contribution is 5.92. The number of ether oxygens (including phenoxy) is 3. The largest absolute Gasteiger partial charge is 0.458 e. The van der Waals surface area contributed by atoms with Crippen LogP contribution in [0.2, 0.25) is 0 Å². The number of aliphatic hydroxyl groups excluding tert-OH is 2. The molecule has 4 rings (SSSR count). The highest BCUT2D eigenvalue weighted by atomic mass is 35.5. The lowest BCUT2D eigenvalue weighted by Crippen LogP contribution is -2.86. The zero-order chi connectivity index (χ0) is 26.0. The summed E-state index contributed by atoms with van der Waals surface area (Å²) in [5.41, 5.74) is -7.20. The molecular weight excluding hydrogens is 490 g/mol. The van der Waals surface area contributed by atoms with Crippen LogP contribution in [0.15, 0.2) is 12.7 Å². The van der Waals surface area contributed by atoms with Crippen molar-refractivity contribution in [2.75, 3.05) is 32.8 Å². The predicted octanol–water partition coefficient (Wildman–Crippen LogP) is 1.25. The molecule has 4 aliphatic rings. The van der Waals surface area contributed by atoms with Crippen molar-refractivity contribution < 1.29 is 39.1 Å². The molecule has 0 radical (unpaired) electrons. The number of carbonyl (C=O) groups is 2. The highest BCUT2D eigenvalue weighted by Gasteiger charge is 2.81. The average molecular weight is 532 g/mol. The van der Waals surface area contributed by atoms with Crippen molar-refractivity contribution in [3.63, 3.8) is 0 Å². The number of esters is 1. The molecule has 2 saturated carbocycles. The Morgan fingerprint density at radius 2 is 1.81 bits per heavy atom. The van der Waals surface area contributed by atoms with E-state index in [1.807, 2.05) is 18.7 Å². The Morgan fingerprint density at radius 3 is 2.39 bits per heavy atom. The first-order chi connectivity index (χ1) is 16.2. The summed E-state index contributed by atoms with van der Waals surface area (Å²) in [6.07, 6.45) is -1.43. The van der Waals surface area contributed by atoms with E-state index in [4.69, 9.17) is 14.2 Å². The number of nitrogens with zero attached hydrogens (tertiary/aromatic N) is 1. The SMILES string of the molecule is C=C[C@@]1(C)CC(=O)[C@]2(O)C3(C)C(C(OC(=O)CN4CCOCC4)C(O)[C@@]2(C)O1)C(C)(C)CC[C@@H]3O.Cl. The lowest BCUT2D eigenvalue weighted by atomic mass is 9.40. The molecule has 10 heteroatoms. The van der Waals surface area contributed by atoms with Gasteiger partial charge in [-0.2, -0.15) is 0 Å². The van der Waals surface area contributed by atoms with Gasteiger partial charge in [-0.05, 0) is 32.1 Å². The molecule has 9 nitrogen and oxygen atoms in total. The standard InChI is InChI=1S/C26H41NO8.ClH/c1-7-23(4)14-17(29)26(32)24(5)16(28)8-9-22(2,3)20(24)19(21(31)25(26,6)35-23)34-18(30)15-27-10-12-33-13-11-27;/h7,16,19-21,28,31-32H,1,8-15H2,2-6H3;1H/t16-,19?,20?,21?,23-,24?,25+,26-;/m0./s1. The van der Waals surface area contributed by atoms with E-state index in [0.717, 1.165) is 0 Å². The van der Waals surface area contributed by atoms with Crippen molar-refractivity contribution in [3.8, 4) is 0 Å². The molecule has 2 aliphatic heterocycles. The second kappa shape index (κ2) is 9.59. The van der Waals surface area contributed by atoms with Crippen LogP contribution >= 0.6 is 12.4 Å². The summed E-state index contributed by atoms with van der Waals surface area (Å²) in [5, 5.41) is 35.5. The van der Waals surface area contributed by atoms with Crippen LogP contribution < -0.4 is 0 Å². The number of ketones is 1. The fourth-order valence-electron chi connectivity index (χ4n) is 7.54. The molecule has 36 heavy (non-hydrogen) atoms. The topological polar surface area (TPSA) is 126 Å². The summed E-state index contributed by atoms with van der Waals surface area (Å²) in [5.74, 6) is -1.74. The number of carbonyl (C=O) groups excluding carboxylic acids is 2. The van der Waals surface area contributed by atoms with Crippen molar-refractivity contribution in [1.82, 2.24) is 4.90 Å². The lowest BCUT2D eigenvalue weighted by molar-refractivity contribution is -0.370. The van der Waals surface area contributed by atoms with E-state index in [0.29, 0.717) is 39.1 Å². The van der Waals surface area contributed by atoms with Crippen molar-refractivity contribution >= 4 is 24.2 Å². The molecule has 2 heterocycles. The molecule has 2 aliphatic carbocycles. The number of rotatable bonds is 4. The Morgan fingerprint density at radius 1 is 1.19 bits per heavy atom. The number of fused-ring (bicyclic) bond motifs is 3. The maximum atomic E-state index is 13.8. The summed E-state index contributed by atoms with van der Waals surface area (Å²) in [6.45, 7) is 14.8.